The first-order valence-electron chi connectivity index (χ1n) is 5.75. The average molecular weight is 342 g/mol. The van der Waals surface area contributed by atoms with Gasteiger partial charge in [-0.3, -0.25) is 0 Å². The highest BCUT2D eigenvalue weighted by Crippen LogP contribution is 2.37. The summed E-state index contributed by atoms with van der Waals surface area (Å²) in [6.07, 6.45) is 3.66. The zero-order valence-corrected chi connectivity index (χ0v) is 13.7. The molecule has 2 N–H and O–H groups in total. The topological polar surface area (TPSA) is 85.6 Å². The number of benzene rings is 1. The Labute approximate surface area is 135 Å². The summed E-state index contributed by atoms with van der Waals surface area (Å²) in [5, 5.41) is 14.2. The summed E-state index contributed by atoms with van der Waals surface area (Å²) >= 11 is 8.60. The minimum atomic E-state index is -0.654. The fourth-order valence-electron chi connectivity index (χ4n) is 1.58. The van der Waals surface area contributed by atoms with Crippen molar-refractivity contribution < 1.29 is 4.79 Å². The number of nitrogens with zero attached hydrogens (tertiary/aromatic N) is 4. The van der Waals surface area contributed by atoms with Gasteiger partial charge in [-0.2, -0.15) is 14.9 Å². The molecule has 0 spiro atoms. The van der Waals surface area contributed by atoms with Gasteiger partial charge in [0.1, 0.15) is 10.1 Å². The van der Waals surface area contributed by atoms with E-state index >= 15 is 0 Å². The predicted octanol–water partition coefficient (Wildman–Crippen LogP) is 4.32. The maximum absolute atomic E-state index is 11.4. The van der Waals surface area contributed by atoms with Gasteiger partial charge in [0, 0.05) is 5.02 Å². The Balaban J connectivity index is 2.45. The lowest BCUT2D eigenvalue weighted by Crippen LogP contribution is -2.21. The van der Waals surface area contributed by atoms with Gasteiger partial charge in [-0.25, -0.2) is 4.79 Å². The number of nitrogens with two attached hydrogens (primary N) is 1. The largest absolute Gasteiger partial charge is 0.350 e. The normalized spacial score (nSPS) is 11.2. The third kappa shape index (κ3) is 3.58. The Bertz CT molecular complexity index is 701. The van der Waals surface area contributed by atoms with E-state index in [4.69, 9.17) is 17.3 Å². The number of thioether (sulfide) groups is 2. The standard InChI is InChI=1S/C12H12ClN5OS2/c1-20-10-9(11(21-2)18(17-10)12(14)19)16-15-8-5-3-4-7(13)6-8/h3-6H,1-2H3,(H2,14,19). The van der Waals surface area contributed by atoms with Gasteiger partial charge in [-0.1, -0.05) is 17.7 Å². The lowest BCUT2D eigenvalue weighted by atomic mass is 10.3. The molecule has 110 valence electrons. The molecule has 9 heteroatoms. The Morgan fingerprint density at radius 2 is 2.10 bits per heavy atom. The monoisotopic (exact) mass is 341 g/mol. The number of primary amides is 1. The van der Waals surface area contributed by atoms with Gasteiger partial charge in [0.2, 0.25) is 0 Å². The van der Waals surface area contributed by atoms with Gasteiger partial charge in [0.05, 0.1) is 5.69 Å². The van der Waals surface area contributed by atoms with Crippen molar-refractivity contribution in [2.24, 2.45) is 16.0 Å². The van der Waals surface area contributed by atoms with E-state index in [0.717, 1.165) is 4.68 Å². The Hall–Kier alpha value is -1.51. The SMILES string of the molecule is CSc1nn(C(N)=O)c(SC)c1N=Nc1cccc(Cl)c1. The molecular weight excluding hydrogens is 330 g/mol. The second kappa shape index (κ2) is 6.97. The molecule has 2 aromatic rings. The van der Waals surface area contributed by atoms with Gasteiger partial charge >= 0.3 is 6.03 Å². The summed E-state index contributed by atoms with van der Waals surface area (Å²) in [6.45, 7) is 0. The third-order valence-corrected chi connectivity index (χ3v) is 4.11. The molecule has 0 aliphatic rings. The number of carbonyl (C=O) groups excluding carboxylic acids is 1. The highest BCUT2D eigenvalue weighted by Gasteiger charge is 2.19. The first kappa shape index (κ1) is 15.9. The fourth-order valence-corrected chi connectivity index (χ4v) is 2.95. The number of amides is 1. The van der Waals surface area contributed by atoms with E-state index in [0.29, 0.717) is 26.4 Å². The van der Waals surface area contributed by atoms with Crippen LogP contribution in [0.25, 0.3) is 0 Å². The number of halogens is 1. The first-order valence-corrected chi connectivity index (χ1v) is 8.57. The van der Waals surface area contributed by atoms with Crippen LogP contribution in [0.1, 0.15) is 0 Å². The van der Waals surface area contributed by atoms with Crippen LogP contribution in [0.5, 0.6) is 0 Å². The van der Waals surface area contributed by atoms with Crippen LogP contribution in [0.3, 0.4) is 0 Å². The molecule has 0 saturated carbocycles. The number of azo groups is 1. The van der Waals surface area contributed by atoms with E-state index in [1.165, 1.54) is 23.5 Å². The lowest BCUT2D eigenvalue weighted by molar-refractivity contribution is 0.245. The van der Waals surface area contributed by atoms with Crippen molar-refractivity contribution in [3.63, 3.8) is 0 Å². The van der Waals surface area contributed by atoms with Crippen molar-refractivity contribution >= 4 is 52.5 Å². The smallest absolute Gasteiger partial charge is 0.340 e. The summed E-state index contributed by atoms with van der Waals surface area (Å²) in [7, 11) is 0. The summed E-state index contributed by atoms with van der Waals surface area (Å²) in [4.78, 5) is 11.4. The van der Waals surface area contributed by atoms with E-state index in [1.807, 2.05) is 12.5 Å². The molecule has 0 saturated heterocycles. The van der Waals surface area contributed by atoms with E-state index < -0.39 is 6.03 Å². The van der Waals surface area contributed by atoms with Crippen LogP contribution in [0, 0.1) is 0 Å². The van der Waals surface area contributed by atoms with Gasteiger partial charge in [0.15, 0.2) is 5.69 Å². The first-order chi connectivity index (χ1) is 10.1. The highest BCUT2D eigenvalue weighted by atomic mass is 35.5. The number of carbonyl (C=O) groups is 1. The minimum Gasteiger partial charge on any atom is -0.350 e. The number of hydrogen-bond acceptors (Lipinski definition) is 6. The van der Waals surface area contributed by atoms with Crippen LogP contribution < -0.4 is 5.73 Å². The zero-order chi connectivity index (χ0) is 15.4. The van der Waals surface area contributed by atoms with Crippen LogP contribution in [0.4, 0.5) is 16.2 Å². The Morgan fingerprint density at radius 3 is 2.67 bits per heavy atom. The predicted molar refractivity (Wildman–Crippen MR) is 86.4 cm³/mol. The van der Waals surface area contributed by atoms with Crippen molar-refractivity contribution in [3.8, 4) is 0 Å². The molecule has 6 nitrogen and oxygen atoms in total. The molecule has 0 bridgehead atoms. The van der Waals surface area contributed by atoms with Gasteiger partial charge in [-0.05, 0) is 30.7 Å². The molecule has 1 heterocycles. The average Bonchev–Trinajstić information content (AvgIpc) is 2.83. The Kier molecular flexibility index (Phi) is 5.27. The van der Waals surface area contributed by atoms with Gasteiger partial charge in [-0.15, -0.1) is 28.6 Å². The quantitative estimate of drug-likeness (QED) is 0.662. The van der Waals surface area contributed by atoms with Crippen molar-refractivity contribution in [1.29, 1.82) is 0 Å². The number of rotatable bonds is 4. The van der Waals surface area contributed by atoms with Crippen LogP contribution in [-0.4, -0.2) is 28.3 Å². The molecule has 0 aliphatic carbocycles. The molecule has 1 amide bonds. The number of hydrogen-bond donors (Lipinski definition) is 1. The molecule has 0 aliphatic heterocycles. The Morgan fingerprint density at radius 1 is 1.33 bits per heavy atom. The molecule has 0 fully saturated rings. The maximum atomic E-state index is 11.4. The molecular formula is C12H12ClN5OS2. The maximum Gasteiger partial charge on any atom is 0.340 e. The molecule has 21 heavy (non-hydrogen) atoms. The number of aromatic nitrogens is 2. The van der Waals surface area contributed by atoms with E-state index in [-0.39, 0.29) is 0 Å². The highest BCUT2D eigenvalue weighted by molar-refractivity contribution is 7.99. The molecule has 0 radical (unpaired) electrons. The summed E-state index contributed by atoms with van der Waals surface area (Å²) in [5.74, 6) is 0. The van der Waals surface area contributed by atoms with Crippen molar-refractivity contribution in [3.05, 3.63) is 29.3 Å². The molecule has 2 rings (SSSR count). The second-order valence-corrected chi connectivity index (χ2v) is 5.82. The van der Waals surface area contributed by atoms with Gasteiger partial charge < -0.3 is 5.73 Å². The lowest BCUT2D eigenvalue weighted by Gasteiger charge is -1.99. The molecule has 0 unspecified atom stereocenters. The van der Waals surface area contributed by atoms with Crippen LogP contribution in [-0.2, 0) is 0 Å². The molecule has 1 aromatic heterocycles. The van der Waals surface area contributed by atoms with Crippen molar-refractivity contribution in [1.82, 2.24) is 9.78 Å². The van der Waals surface area contributed by atoms with Crippen LogP contribution >= 0.6 is 35.1 Å². The molecule has 1 aromatic carbocycles. The summed E-state index contributed by atoms with van der Waals surface area (Å²) < 4.78 is 1.13. The summed E-state index contributed by atoms with van der Waals surface area (Å²) in [5.41, 5.74) is 6.44. The zero-order valence-electron chi connectivity index (χ0n) is 11.3. The van der Waals surface area contributed by atoms with Crippen molar-refractivity contribution in [2.45, 2.75) is 10.1 Å². The van der Waals surface area contributed by atoms with E-state index in [2.05, 4.69) is 15.3 Å². The van der Waals surface area contributed by atoms with E-state index in [9.17, 15) is 4.79 Å². The third-order valence-electron chi connectivity index (χ3n) is 2.46. The summed E-state index contributed by atoms with van der Waals surface area (Å²) in [6, 6.07) is 6.37. The second-order valence-electron chi connectivity index (χ2n) is 3.80. The van der Waals surface area contributed by atoms with E-state index in [1.54, 1.807) is 24.3 Å². The molecule has 0 atom stereocenters. The van der Waals surface area contributed by atoms with Crippen molar-refractivity contribution in [2.75, 3.05) is 12.5 Å². The minimum absolute atomic E-state index is 0.522. The van der Waals surface area contributed by atoms with Gasteiger partial charge in [0.25, 0.3) is 0 Å². The van der Waals surface area contributed by atoms with Crippen LogP contribution in [0.15, 0.2) is 44.5 Å². The van der Waals surface area contributed by atoms with Crippen LogP contribution in [0.2, 0.25) is 5.02 Å². The fraction of sp³-hybridized carbons (Fsp3) is 0.167.